The Kier molecular flexibility index (Phi) is 4.69. The largest absolute Gasteiger partial charge is 0.444 e. The summed E-state index contributed by atoms with van der Waals surface area (Å²) in [6, 6.07) is 7.48. The van der Waals surface area contributed by atoms with E-state index in [9.17, 15) is 4.79 Å². The highest BCUT2D eigenvalue weighted by Gasteiger charge is 2.05. The molecule has 100 valence electrons. The average Bonchev–Trinajstić information content (AvgIpc) is 2.93. The number of hydrogen-bond acceptors (Lipinski definition) is 4. The predicted octanol–water partition coefficient (Wildman–Crippen LogP) is 2.28. The van der Waals surface area contributed by atoms with Crippen LogP contribution in [0.2, 0.25) is 0 Å². The van der Waals surface area contributed by atoms with Crippen LogP contribution < -0.4 is 10.6 Å². The van der Waals surface area contributed by atoms with E-state index in [1.807, 2.05) is 24.3 Å². The smallest absolute Gasteiger partial charge is 0.238 e. The number of nitrogens with zero attached hydrogens (tertiary/aromatic N) is 1. The first-order valence-electron chi connectivity index (χ1n) is 6.29. The second-order valence-electron chi connectivity index (χ2n) is 4.17. The molecule has 1 aromatic heterocycles. The molecule has 0 saturated carbocycles. The van der Waals surface area contributed by atoms with Crippen LogP contribution in [0.15, 0.2) is 41.3 Å². The molecule has 0 spiro atoms. The summed E-state index contributed by atoms with van der Waals surface area (Å²) in [5.74, 6) is 0.628. The molecule has 0 unspecified atom stereocenters. The van der Waals surface area contributed by atoms with Gasteiger partial charge in [-0.2, -0.15) is 0 Å². The lowest BCUT2D eigenvalue weighted by Gasteiger charge is -2.07. The van der Waals surface area contributed by atoms with E-state index >= 15 is 0 Å². The minimum atomic E-state index is -0.0526. The summed E-state index contributed by atoms with van der Waals surface area (Å²) in [5, 5.41) is 5.90. The minimum Gasteiger partial charge on any atom is -0.444 e. The quantitative estimate of drug-likeness (QED) is 0.781. The number of hydrogen-bond donors (Lipinski definition) is 2. The first-order valence-corrected chi connectivity index (χ1v) is 6.29. The maximum atomic E-state index is 11.7. The summed E-state index contributed by atoms with van der Waals surface area (Å²) in [6.45, 7) is 3.22. The van der Waals surface area contributed by atoms with Gasteiger partial charge < -0.3 is 15.1 Å². The second-order valence-corrected chi connectivity index (χ2v) is 4.17. The van der Waals surface area contributed by atoms with Gasteiger partial charge in [0.25, 0.3) is 0 Å². The fourth-order valence-corrected chi connectivity index (χ4v) is 1.69. The van der Waals surface area contributed by atoms with Crippen LogP contribution in [-0.2, 0) is 4.79 Å². The van der Waals surface area contributed by atoms with Crippen molar-refractivity contribution in [1.29, 1.82) is 0 Å². The van der Waals surface area contributed by atoms with Gasteiger partial charge >= 0.3 is 0 Å². The van der Waals surface area contributed by atoms with E-state index in [0.717, 1.165) is 24.2 Å². The molecule has 0 bridgehead atoms. The monoisotopic (exact) mass is 259 g/mol. The number of amides is 1. The van der Waals surface area contributed by atoms with E-state index in [-0.39, 0.29) is 5.91 Å². The fraction of sp³-hybridized carbons (Fsp3) is 0.286. The third-order valence-electron chi connectivity index (χ3n) is 2.58. The molecule has 5 nitrogen and oxygen atoms in total. The number of nitrogens with one attached hydrogen (secondary N) is 2. The van der Waals surface area contributed by atoms with Crippen molar-refractivity contribution in [2.75, 3.05) is 18.4 Å². The first-order chi connectivity index (χ1) is 9.29. The van der Waals surface area contributed by atoms with E-state index < -0.39 is 0 Å². The topological polar surface area (TPSA) is 67.2 Å². The number of oxazole rings is 1. The van der Waals surface area contributed by atoms with Crippen molar-refractivity contribution in [1.82, 2.24) is 10.3 Å². The normalized spacial score (nSPS) is 10.4. The summed E-state index contributed by atoms with van der Waals surface area (Å²) < 4.78 is 5.22. The molecule has 2 aromatic rings. The number of carbonyl (C=O) groups excluding carboxylic acids is 1. The Morgan fingerprint density at radius 3 is 3.05 bits per heavy atom. The molecular weight excluding hydrogens is 242 g/mol. The highest BCUT2D eigenvalue weighted by atomic mass is 16.3. The van der Waals surface area contributed by atoms with Gasteiger partial charge in [-0.05, 0) is 25.1 Å². The second kappa shape index (κ2) is 6.70. The Balaban J connectivity index is 1.97. The Labute approximate surface area is 112 Å². The lowest BCUT2D eigenvalue weighted by molar-refractivity contribution is -0.115. The molecule has 0 saturated heterocycles. The molecule has 1 heterocycles. The number of benzene rings is 1. The molecule has 2 N–H and O–H groups in total. The molecule has 2 rings (SSSR count). The average molecular weight is 259 g/mol. The van der Waals surface area contributed by atoms with Gasteiger partial charge in [-0.15, -0.1) is 0 Å². The van der Waals surface area contributed by atoms with Gasteiger partial charge in [-0.3, -0.25) is 4.79 Å². The third-order valence-corrected chi connectivity index (χ3v) is 2.58. The fourth-order valence-electron chi connectivity index (χ4n) is 1.69. The maximum Gasteiger partial charge on any atom is 0.238 e. The Morgan fingerprint density at radius 2 is 2.32 bits per heavy atom. The molecule has 0 aliphatic carbocycles. The zero-order chi connectivity index (χ0) is 13.5. The van der Waals surface area contributed by atoms with Crippen molar-refractivity contribution in [3.05, 3.63) is 36.9 Å². The Bertz CT molecular complexity index is 523. The molecule has 0 aliphatic rings. The van der Waals surface area contributed by atoms with Gasteiger partial charge in [-0.25, -0.2) is 4.98 Å². The van der Waals surface area contributed by atoms with Crippen LogP contribution in [0.4, 0.5) is 5.69 Å². The highest BCUT2D eigenvalue weighted by molar-refractivity contribution is 5.92. The molecule has 0 aliphatic heterocycles. The summed E-state index contributed by atoms with van der Waals surface area (Å²) in [5.41, 5.74) is 1.63. The Morgan fingerprint density at radius 1 is 1.42 bits per heavy atom. The van der Waals surface area contributed by atoms with Crippen LogP contribution in [-0.4, -0.2) is 24.0 Å². The van der Waals surface area contributed by atoms with Crippen LogP contribution in [0.3, 0.4) is 0 Å². The lowest BCUT2D eigenvalue weighted by Crippen LogP contribution is -2.28. The van der Waals surface area contributed by atoms with Crippen LogP contribution in [0.1, 0.15) is 13.3 Å². The van der Waals surface area contributed by atoms with Gasteiger partial charge in [0, 0.05) is 11.3 Å². The number of rotatable bonds is 6. The van der Waals surface area contributed by atoms with E-state index in [1.165, 1.54) is 6.39 Å². The summed E-state index contributed by atoms with van der Waals surface area (Å²) in [4.78, 5) is 15.6. The predicted molar refractivity (Wildman–Crippen MR) is 73.7 cm³/mol. The van der Waals surface area contributed by atoms with Crippen LogP contribution >= 0.6 is 0 Å². The number of anilines is 1. The zero-order valence-electron chi connectivity index (χ0n) is 10.8. The molecule has 0 radical (unpaired) electrons. The summed E-state index contributed by atoms with van der Waals surface area (Å²) in [7, 11) is 0. The maximum absolute atomic E-state index is 11.7. The van der Waals surface area contributed by atoms with Crippen LogP contribution in [0.5, 0.6) is 0 Å². The van der Waals surface area contributed by atoms with E-state index in [2.05, 4.69) is 22.5 Å². The number of aromatic nitrogens is 1. The molecule has 1 aromatic carbocycles. The summed E-state index contributed by atoms with van der Waals surface area (Å²) in [6.07, 6.45) is 4.03. The molecule has 0 atom stereocenters. The van der Waals surface area contributed by atoms with Crippen LogP contribution in [0.25, 0.3) is 11.3 Å². The van der Waals surface area contributed by atoms with E-state index in [1.54, 1.807) is 6.20 Å². The lowest BCUT2D eigenvalue weighted by atomic mass is 10.1. The zero-order valence-corrected chi connectivity index (χ0v) is 10.8. The van der Waals surface area contributed by atoms with Gasteiger partial charge in [0.2, 0.25) is 5.91 Å². The van der Waals surface area contributed by atoms with Crippen molar-refractivity contribution < 1.29 is 9.21 Å². The molecule has 0 fully saturated rings. The van der Waals surface area contributed by atoms with Crippen molar-refractivity contribution in [2.24, 2.45) is 0 Å². The van der Waals surface area contributed by atoms with Crippen molar-refractivity contribution in [3.8, 4) is 11.3 Å². The van der Waals surface area contributed by atoms with Crippen molar-refractivity contribution >= 4 is 11.6 Å². The van der Waals surface area contributed by atoms with Crippen molar-refractivity contribution in [3.63, 3.8) is 0 Å². The summed E-state index contributed by atoms with van der Waals surface area (Å²) >= 11 is 0. The minimum absolute atomic E-state index is 0.0526. The molecular formula is C14H17N3O2. The van der Waals surface area contributed by atoms with E-state index in [4.69, 9.17) is 4.42 Å². The Hall–Kier alpha value is -2.14. The standard InChI is InChI=1S/C14H17N3O2/c1-2-6-15-9-14(18)17-12-5-3-4-11(7-12)13-8-16-10-19-13/h3-5,7-8,10,15H,2,6,9H2,1H3,(H,17,18). The third kappa shape index (κ3) is 3.93. The molecule has 19 heavy (non-hydrogen) atoms. The first kappa shape index (κ1) is 13.3. The molecule has 1 amide bonds. The van der Waals surface area contributed by atoms with Gasteiger partial charge in [-0.1, -0.05) is 19.1 Å². The highest BCUT2D eigenvalue weighted by Crippen LogP contribution is 2.21. The van der Waals surface area contributed by atoms with Crippen LogP contribution in [0, 0.1) is 0 Å². The van der Waals surface area contributed by atoms with Crippen molar-refractivity contribution in [2.45, 2.75) is 13.3 Å². The SMILES string of the molecule is CCCNCC(=O)Nc1cccc(-c2cnco2)c1. The van der Waals surface area contributed by atoms with Gasteiger partial charge in [0.1, 0.15) is 0 Å². The molecule has 5 heteroatoms. The van der Waals surface area contributed by atoms with Gasteiger partial charge in [0.05, 0.1) is 12.7 Å². The number of carbonyl (C=O) groups is 1. The van der Waals surface area contributed by atoms with E-state index in [0.29, 0.717) is 12.3 Å². The van der Waals surface area contributed by atoms with Gasteiger partial charge in [0.15, 0.2) is 12.2 Å².